The highest BCUT2D eigenvalue weighted by atomic mass is 32.2. The number of esters is 1. The Morgan fingerprint density at radius 1 is 1.08 bits per heavy atom. The normalized spacial score (nSPS) is 19.3. The third-order valence-electron chi connectivity index (χ3n) is 7.74. The van der Waals surface area contributed by atoms with Gasteiger partial charge in [0.05, 0.1) is 28.3 Å². The van der Waals surface area contributed by atoms with E-state index in [1.54, 1.807) is 7.05 Å². The van der Waals surface area contributed by atoms with Crippen molar-refractivity contribution >= 4 is 44.3 Å². The second-order valence-electron chi connectivity index (χ2n) is 11.5. The summed E-state index contributed by atoms with van der Waals surface area (Å²) in [6, 6.07) is 15.6. The summed E-state index contributed by atoms with van der Waals surface area (Å²) in [7, 11) is -1.57. The molecule has 0 radical (unpaired) electrons. The van der Waals surface area contributed by atoms with Crippen LogP contribution in [0.3, 0.4) is 0 Å². The van der Waals surface area contributed by atoms with E-state index in [4.69, 9.17) is 9.72 Å². The molecule has 1 fully saturated rings. The second kappa shape index (κ2) is 10.2. The number of hydrogen-bond donors (Lipinski definition) is 0. The van der Waals surface area contributed by atoms with Crippen LogP contribution in [0.15, 0.2) is 48.5 Å². The molecule has 2 heterocycles. The number of hydrogen-bond acceptors (Lipinski definition) is 6. The molecule has 1 amide bonds. The summed E-state index contributed by atoms with van der Waals surface area (Å²) in [5.41, 5.74) is 6.24. The number of benzene rings is 2. The zero-order valence-electron chi connectivity index (χ0n) is 22.9. The van der Waals surface area contributed by atoms with E-state index in [0.29, 0.717) is 29.3 Å². The van der Waals surface area contributed by atoms with Crippen molar-refractivity contribution in [2.75, 3.05) is 25.2 Å². The lowest BCUT2D eigenvalue weighted by Crippen LogP contribution is -2.40. The largest absolute Gasteiger partial charge is 0.452 e. The first kappa shape index (κ1) is 27.1. The molecule has 204 valence electrons. The number of allylic oxidation sites excluding steroid dienone is 1. The first-order chi connectivity index (χ1) is 18.4. The molecule has 2 aliphatic rings. The van der Waals surface area contributed by atoms with Crippen LogP contribution < -0.4 is 0 Å². The van der Waals surface area contributed by atoms with Gasteiger partial charge in [-0.2, -0.15) is 0 Å². The summed E-state index contributed by atoms with van der Waals surface area (Å²) in [5, 5.41) is 0.694. The molecule has 1 atom stereocenters. The van der Waals surface area contributed by atoms with Crippen molar-refractivity contribution in [3.05, 3.63) is 76.5 Å². The Balaban J connectivity index is 1.41. The molecule has 8 heteroatoms. The monoisotopic (exact) mass is 546 g/mol. The predicted molar refractivity (Wildman–Crippen MR) is 153 cm³/mol. The number of nitrogens with zero attached hydrogens (tertiary/aromatic N) is 2. The first-order valence-corrected chi connectivity index (χ1v) is 15.1. The Morgan fingerprint density at radius 3 is 2.46 bits per heavy atom. The van der Waals surface area contributed by atoms with Gasteiger partial charge in [-0.1, -0.05) is 63.2 Å². The number of aromatic nitrogens is 1. The first-order valence-electron chi connectivity index (χ1n) is 13.3. The van der Waals surface area contributed by atoms with E-state index in [0.717, 1.165) is 28.8 Å². The highest BCUT2D eigenvalue weighted by Gasteiger charge is 2.33. The summed E-state index contributed by atoms with van der Waals surface area (Å²) in [5.74, 6) is -0.971. The summed E-state index contributed by atoms with van der Waals surface area (Å²) in [6.07, 6.45) is 3.92. The quantitative estimate of drug-likeness (QED) is 0.426. The van der Waals surface area contributed by atoms with Crippen LogP contribution >= 0.6 is 0 Å². The van der Waals surface area contributed by atoms with Crippen LogP contribution in [0.5, 0.6) is 0 Å². The SMILES string of the molecule is CN(C(=O)COC(=O)c1c2c(nc3ccccc13)/C(=C/c1ccc(C(C)(C)C)cc1)CC2)C1CCS(=O)(=O)C1. The van der Waals surface area contributed by atoms with E-state index in [1.807, 2.05) is 24.3 Å². The summed E-state index contributed by atoms with van der Waals surface area (Å²) < 4.78 is 29.2. The van der Waals surface area contributed by atoms with Crippen LogP contribution in [0.25, 0.3) is 22.6 Å². The number of pyridine rings is 1. The molecule has 1 aromatic heterocycles. The van der Waals surface area contributed by atoms with Crippen LogP contribution in [-0.2, 0) is 31.2 Å². The molecule has 1 aliphatic carbocycles. The van der Waals surface area contributed by atoms with Gasteiger partial charge in [0.15, 0.2) is 16.4 Å². The molecular formula is C31H34N2O5S. The maximum absolute atomic E-state index is 13.4. The van der Waals surface area contributed by atoms with Crippen LogP contribution in [-0.4, -0.2) is 61.4 Å². The average molecular weight is 547 g/mol. The predicted octanol–water partition coefficient (Wildman–Crippen LogP) is 4.82. The summed E-state index contributed by atoms with van der Waals surface area (Å²) in [4.78, 5) is 32.5. The molecule has 3 aromatic rings. The topological polar surface area (TPSA) is 93.6 Å². The number of fused-ring (bicyclic) bond motifs is 2. The van der Waals surface area contributed by atoms with Crippen molar-refractivity contribution in [3.8, 4) is 0 Å². The molecular weight excluding hydrogens is 512 g/mol. The standard InChI is InChI=1S/C31H34N2O5S/c1-31(2,3)22-12-9-20(10-13-22)17-21-11-14-25-28(24-7-5-6-8-26(24)32-29(21)25)30(35)38-18-27(34)33(4)23-15-16-39(36,37)19-23/h5-10,12-13,17,23H,11,14-16,18-19H2,1-4H3/b21-17+. The number of carbonyl (C=O) groups excluding carboxylic acids is 2. The number of ether oxygens (including phenoxy) is 1. The lowest BCUT2D eigenvalue weighted by atomic mass is 9.86. The highest BCUT2D eigenvalue weighted by Crippen LogP contribution is 2.38. The van der Waals surface area contributed by atoms with Gasteiger partial charge >= 0.3 is 5.97 Å². The van der Waals surface area contributed by atoms with E-state index in [9.17, 15) is 18.0 Å². The molecule has 1 unspecified atom stereocenters. The Labute approximate surface area is 229 Å². The third-order valence-corrected chi connectivity index (χ3v) is 9.49. The number of rotatable bonds is 5. The van der Waals surface area contributed by atoms with E-state index in [-0.39, 0.29) is 16.9 Å². The van der Waals surface area contributed by atoms with E-state index in [2.05, 4.69) is 51.1 Å². The van der Waals surface area contributed by atoms with Crippen molar-refractivity contribution in [1.82, 2.24) is 9.88 Å². The highest BCUT2D eigenvalue weighted by molar-refractivity contribution is 7.91. The fourth-order valence-corrected chi connectivity index (χ4v) is 7.15. The van der Waals surface area contributed by atoms with Gasteiger partial charge in [-0.15, -0.1) is 0 Å². The smallest absolute Gasteiger partial charge is 0.339 e. The van der Waals surface area contributed by atoms with Gasteiger partial charge < -0.3 is 9.64 Å². The van der Waals surface area contributed by atoms with Gasteiger partial charge in [0.25, 0.3) is 5.91 Å². The Bertz CT molecular complexity index is 1580. The molecule has 0 saturated carbocycles. The van der Waals surface area contributed by atoms with Gasteiger partial charge in [-0.25, -0.2) is 18.2 Å². The van der Waals surface area contributed by atoms with Crippen molar-refractivity contribution in [3.63, 3.8) is 0 Å². The van der Waals surface area contributed by atoms with E-state index in [1.165, 1.54) is 10.5 Å². The fourth-order valence-electron chi connectivity index (χ4n) is 5.38. The van der Waals surface area contributed by atoms with Crippen molar-refractivity contribution in [1.29, 1.82) is 0 Å². The van der Waals surface area contributed by atoms with Crippen molar-refractivity contribution in [2.45, 2.75) is 51.5 Å². The Kier molecular flexibility index (Phi) is 7.10. The van der Waals surface area contributed by atoms with E-state index < -0.39 is 34.4 Å². The number of likely N-dealkylation sites (N-methyl/N-ethyl adjacent to an activating group) is 1. The Hall–Kier alpha value is -3.52. The Morgan fingerprint density at radius 2 is 1.79 bits per heavy atom. The molecule has 1 saturated heterocycles. The fraction of sp³-hybridized carbons (Fsp3) is 0.387. The molecule has 0 N–H and O–H groups in total. The van der Waals surface area contributed by atoms with E-state index >= 15 is 0 Å². The number of para-hydroxylation sites is 1. The molecule has 7 nitrogen and oxygen atoms in total. The zero-order chi connectivity index (χ0) is 27.9. The second-order valence-corrected chi connectivity index (χ2v) is 13.7. The molecule has 0 spiro atoms. The van der Waals surface area contributed by atoms with Crippen LogP contribution in [0.2, 0.25) is 0 Å². The maximum Gasteiger partial charge on any atom is 0.339 e. The minimum atomic E-state index is -3.13. The maximum atomic E-state index is 13.4. The zero-order valence-corrected chi connectivity index (χ0v) is 23.7. The van der Waals surface area contributed by atoms with Gasteiger partial charge in [0.1, 0.15) is 0 Å². The molecule has 0 bridgehead atoms. The van der Waals surface area contributed by atoms with Crippen LogP contribution in [0, 0.1) is 0 Å². The van der Waals surface area contributed by atoms with Gasteiger partial charge in [-0.05, 0) is 59.1 Å². The molecule has 39 heavy (non-hydrogen) atoms. The lowest BCUT2D eigenvalue weighted by molar-refractivity contribution is -0.134. The lowest BCUT2D eigenvalue weighted by Gasteiger charge is -2.23. The third kappa shape index (κ3) is 5.62. The van der Waals surface area contributed by atoms with Crippen LogP contribution in [0.1, 0.15) is 66.4 Å². The van der Waals surface area contributed by atoms with Gasteiger partial charge in [0.2, 0.25) is 0 Å². The summed E-state index contributed by atoms with van der Waals surface area (Å²) in [6.45, 7) is 6.12. The molecule has 5 rings (SSSR count). The summed E-state index contributed by atoms with van der Waals surface area (Å²) >= 11 is 0. The number of amides is 1. The minimum absolute atomic E-state index is 0.0558. The van der Waals surface area contributed by atoms with Gasteiger partial charge in [0, 0.05) is 18.5 Å². The molecule has 2 aromatic carbocycles. The van der Waals surface area contributed by atoms with Crippen LogP contribution in [0.4, 0.5) is 0 Å². The number of sulfone groups is 1. The molecule has 1 aliphatic heterocycles. The van der Waals surface area contributed by atoms with Crippen molar-refractivity contribution < 1.29 is 22.7 Å². The average Bonchev–Trinajstić information content (AvgIpc) is 3.47. The van der Waals surface area contributed by atoms with Crippen molar-refractivity contribution in [2.24, 2.45) is 0 Å². The number of carbonyl (C=O) groups is 2. The van der Waals surface area contributed by atoms with Gasteiger partial charge in [-0.3, -0.25) is 4.79 Å². The minimum Gasteiger partial charge on any atom is -0.452 e.